The van der Waals surface area contributed by atoms with Crippen molar-refractivity contribution in [2.24, 2.45) is 0 Å². The number of anilines is 1. The molecule has 0 N–H and O–H groups in total. The molecule has 1 saturated heterocycles. The molecule has 1 fully saturated rings. The van der Waals surface area contributed by atoms with Gasteiger partial charge in [0, 0.05) is 33.1 Å². The van der Waals surface area contributed by atoms with E-state index in [-0.39, 0.29) is 11.8 Å². The minimum atomic E-state index is -0.0779. The Kier molecular flexibility index (Phi) is 4.50. The van der Waals surface area contributed by atoms with Crippen molar-refractivity contribution in [2.75, 3.05) is 32.1 Å². The lowest BCUT2D eigenvalue weighted by Crippen LogP contribution is -2.38. The molecule has 0 radical (unpaired) electrons. The molecule has 152 valence electrons. The number of hydrogen-bond acceptors (Lipinski definition) is 7. The summed E-state index contributed by atoms with van der Waals surface area (Å²) in [4.78, 5) is 25.6. The molecule has 30 heavy (non-hydrogen) atoms. The zero-order valence-electron chi connectivity index (χ0n) is 16.9. The van der Waals surface area contributed by atoms with Crippen LogP contribution < -0.4 is 4.90 Å². The van der Waals surface area contributed by atoms with Gasteiger partial charge < -0.3 is 9.80 Å². The second-order valence-electron chi connectivity index (χ2n) is 7.72. The molecule has 1 amide bonds. The third-order valence-corrected chi connectivity index (χ3v) is 5.55. The summed E-state index contributed by atoms with van der Waals surface area (Å²) in [6, 6.07) is 11.4. The van der Waals surface area contributed by atoms with Crippen LogP contribution in [-0.4, -0.2) is 67.8 Å². The highest BCUT2D eigenvalue weighted by molar-refractivity contribution is 5.93. The molecule has 1 aliphatic rings. The maximum Gasteiger partial charge on any atom is 0.274 e. The first-order chi connectivity index (χ1) is 14.6. The predicted octanol–water partition coefficient (Wildman–Crippen LogP) is 2.15. The molecule has 9 nitrogen and oxygen atoms in total. The molecule has 4 heterocycles. The van der Waals surface area contributed by atoms with E-state index in [0.717, 1.165) is 41.2 Å². The van der Waals surface area contributed by atoms with Crippen LogP contribution in [0.5, 0.6) is 0 Å². The highest BCUT2D eigenvalue weighted by Gasteiger charge is 2.28. The van der Waals surface area contributed by atoms with Crippen LogP contribution >= 0.6 is 0 Å². The Bertz CT molecular complexity index is 1230. The zero-order valence-corrected chi connectivity index (χ0v) is 16.9. The molecule has 1 aliphatic heterocycles. The van der Waals surface area contributed by atoms with Crippen molar-refractivity contribution < 1.29 is 4.79 Å². The maximum atomic E-state index is 12.9. The highest BCUT2D eigenvalue weighted by atomic mass is 16.2. The van der Waals surface area contributed by atoms with Crippen LogP contribution in [0.1, 0.15) is 35.1 Å². The van der Waals surface area contributed by atoms with E-state index in [9.17, 15) is 4.79 Å². The molecule has 0 unspecified atom stereocenters. The van der Waals surface area contributed by atoms with Crippen molar-refractivity contribution in [3.63, 3.8) is 0 Å². The Morgan fingerprint density at radius 1 is 1.03 bits per heavy atom. The Morgan fingerprint density at radius 2 is 1.80 bits per heavy atom. The summed E-state index contributed by atoms with van der Waals surface area (Å²) in [5.41, 5.74) is 2.64. The summed E-state index contributed by atoms with van der Waals surface area (Å²) in [5.74, 6) is 1.83. The van der Waals surface area contributed by atoms with Gasteiger partial charge in [0.2, 0.25) is 0 Å². The van der Waals surface area contributed by atoms with Crippen LogP contribution in [0.4, 0.5) is 5.82 Å². The zero-order chi connectivity index (χ0) is 20.7. The van der Waals surface area contributed by atoms with E-state index >= 15 is 0 Å². The Morgan fingerprint density at radius 3 is 2.57 bits per heavy atom. The molecular weight excluding hydrogens is 380 g/mol. The molecule has 0 bridgehead atoms. The molecule has 4 aromatic rings. The van der Waals surface area contributed by atoms with Crippen LogP contribution in [-0.2, 0) is 0 Å². The van der Waals surface area contributed by atoms with Gasteiger partial charge in [0.05, 0.1) is 17.2 Å². The van der Waals surface area contributed by atoms with Crippen molar-refractivity contribution in [3.05, 3.63) is 54.1 Å². The first-order valence-corrected chi connectivity index (χ1v) is 10.0. The lowest BCUT2D eigenvalue weighted by molar-refractivity contribution is 0.0704. The number of fused-ring (bicyclic) bond motifs is 2. The quantitative estimate of drug-likeness (QED) is 0.518. The number of rotatable bonds is 3. The van der Waals surface area contributed by atoms with Crippen LogP contribution in [0.15, 0.2) is 42.6 Å². The molecule has 0 spiro atoms. The van der Waals surface area contributed by atoms with Crippen LogP contribution in [0, 0.1) is 0 Å². The summed E-state index contributed by atoms with van der Waals surface area (Å²) in [5, 5.41) is 13.3. The fourth-order valence-corrected chi connectivity index (χ4v) is 3.85. The van der Waals surface area contributed by atoms with Crippen LogP contribution in [0.3, 0.4) is 0 Å². The van der Waals surface area contributed by atoms with E-state index in [0.29, 0.717) is 18.8 Å². The van der Waals surface area contributed by atoms with Gasteiger partial charge in [0.1, 0.15) is 11.5 Å². The summed E-state index contributed by atoms with van der Waals surface area (Å²) in [6.45, 7) is 1.28. The largest absolute Gasteiger partial charge is 0.361 e. The highest BCUT2D eigenvalue weighted by Crippen LogP contribution is 2.28. The molecule has 0 saturated carbocycles. The van der Waals surface area contributed by atoms with E-state index in [1.54, 1.807) is 6.20 Å². The first kappa shape index (κ1) is 18.4. The second kappa shape index (κ2) is 7.33. The van der Waals surface area contributed by atoms with Crippen molar-refractivity contribution >= 4 is 28.4 Å². The number of piperidine rings is 1. The maximum absolute atomic E-state index is 12.9. The average Bonchev–Trinajstić information content (AvgIpc) is 3.21. The third kappa shape index (κ3) is 3.22. The minimum absolute atomic E-state index is 0.0779. The van der Waals surface area contributed by atoms with Gasteiger partial charge in [-0.15, -0.1) is 15.3 Å². The molecule has 5 rings (SSSR count). The standard InChI is InChI=1S/C21H22N8O/c1-27(2)19-8-7-18-24-25-20(29(18)26-19)14-9-11-28(12-10-14)21(30)17-13-22-15-5-3-4-6-16(15)23-17/h3-8,13-14H,9-12H2,1-2H3. The summed E-state index contributed by atoms with van der Waals surface area (Å²) < 4.78 is 1.83. The minimum Gasteiger partial charge on any atom is -0.361 e. The van der Waals surface area contributed by atoms with Gasteiger partial charge >= 0.3 is 0 Å². The van der Waals surface area contributed by atoms with E-state index in [4.69, 9.17) is 0 Å². The number of benzene rings is 1. The van der Waals surface area contributed by atoms with Gasteiger partial charge in [-0.25, -0.2) is 4.98 Å². The monoisotopic (exact) mass is 402 g/mol. The molecule has 0 aliphatic carbocycles. The Balaban J connectivity index is 1.33. The molecule has 1 aromatic carbocycles. The molecule has 9 heteroatoms. The number of likely N-dealkylation sites (tertiary alicyclic amines) is 1. The van der Waals surface area contributed by atoms with E-state index in [2.05, 4.69) is 25.3 Å². The van der Waals surface area contributed by atoms with Crippen molar-refractivity contribution in [3.8, 4) is 0 Å². The smallest absolute Gasteiger partial charge is 0.274 e. The summed E-state index contributed by atoms with van der Waals surface area (Å²) in [7, 11) is 3.91. The predicted molar refractivity (Wildman–Crippen MR) is 113 cm³/mol. The van der Waals surface area contributed by atoms with E-state index in [1.807, 2.05) is 64.8 Å². The van der Waals surface area contributed by atoms with Gasteiger partial charge in [-0.05, 0) is 37.1 Å². The average molecular weight is 402 g/mol. The van der Waals surface area contributed by atoms with Crippen molar-refractivity contribution in [1.29, 1.82) is 0 Å². The van der Waals surface area contributed by atoms with Crippen LogP contribution in [0.25, 0.3) is 16.7 Å². The topological polar surface area (TPSA) is 92.4 Å². The van der Waals surface area contributed by atoms with Crippen LogP contribution in [0.2, 0.25) is 0 Å². The van der Waals surface area contributed by atoms with Crippen molar-refractivity contribution in [1.82, 2.24) is 34.7 Å². The normalized spacial score (nSPS) is 15.1. The number of hydrogen-bond donors (Lipinski definition) is 0. The number of carbonyl (C=O) groups is 1. The summed E-state index contributed by atoms with van der Waals surface area (Å²) in [6.07, 6.45) is 3.18. The fourth-order valence-electron chi connectivity index (χ4n) is 3.85. The molecule has 3 aromatic heterocycles. The lowest BCUT2D eigenvalue weighted by Gasteiger charge is -2.30. The van der Waals surface area contributed by atoms with Gasteiger partial charge in [0.25, 0.3) is 5.91 Å². The van der Waals surface area contributed by atoms with Gasteiger partial charge in [-0.1, -0.05) is 12.1 Å². The number of amides is 1. The SMILES string of the molecule is CN(C)c1ccc2nnc(C3CCN(C(=O)c4cnc5ccccc5n4)CC3)n2n1. The molecule has 0 atom stereocenters. The van der Waals surface area contributed by atoms with Gasteiger partial charge in [-0.2, -0.15) is 4.52 Å². The summed E-state index contributed by atoms with van der Waals surface area (Å²) >= 11 is 0. The fraction of sp³-hybridized carbons (Fsp3) is 0.333. The molecular formula is C21H22N8O. The Hall–Kier alpha value is -3.62. The first-order valence-electron chi connectivity index (χ1n) is 10.0. The number of para-hydroxylation sites is 2. The van der Waals surface area contributed by atoms with Gasteiger partial charge in [0.15, 0.2) is 11.5 Å². The second-order valence-corrected chi connectivity index (χ2v) is 7.72. The van der Waals surface area contributed by atoms with E-state index < -0.39 is 0 Å². The Labute approximate surface area is 173 Å². The van der Waals surface area contributed by atoms with E-state index in [1.165, 1.54) is 0 Å². The number of nitrogens with zero attached hydrogens (tertiary/aromatic N) is 8. The number of carbonyl (C=O) groups excluding carboxylic acids is 1. The van der Waals surface area contributed by atoms with Crippen molar-refractivity contribution in [2.45, 2.75) is 18.8 Å². The third-order valence-electron chi connectivity index (χ3n) is 5.55. The lowest BCUT2D eigenvalue weighted by atomic mass is 9.96. The van der Waals surface area contributed by atoms with Gasteiger partial charge in [-0.3, -0.25) is 9.78 Å². The number of aromatic nitrogens is 6.